The van der Waals surface area contributed by atoms with E-state index in [0.29, 0.717) is 22.6 Å². The van der Waals surface area contributed by atoms with Gasteiger partial charge in [0.15, 0.2) is 5.84 Å². The first-order valence-corrected chi connectivity index (χ1v) is 12.0. The molecule has 0 fully saturated rings. The second kappa shape index (κ2) is 9.36. The lowest BCUT2D eigenvalue weighted by Gasteiger charge is -2.20. The number of aliphatic imine (C=N–C) groups is 1. The van der Waals surface area contributed by atoms with E-state index in [4.69, 9.17) is 10.1 Å². The number of fused-ring (bicyclic) bond motifs is 1. The van der Waals surface area contributed by atoms with E-state index in [1.165, 1.54) is 22.3 Å². The van der Waals surface area contributed by atoms with Gasteiger partial charge < -0.3 is 4.74 Å². The fourth-order valence-corrected chi connectivity index (χ4v) is 4.73. The Hall–Kier alpha value is -3.56. The number of rotatable bonds is 5. The van der Waals surface area contributed by atoms with E-state index in [1.54, 1.807) is 18.5 Å². The largest absolute Gasteiger partial charge is 0.488 e. The molecule has 0 saturated heterocycles. The first kappa shape index (κ1) is 22.2. The summed E-state index contributed by atoms with van der Waals surface area (Å²) in [5, 5.41) is 15.4. The maximum Gasteiger partial charge on any atom is 0.283 e. The molecule has 2 aliphatic rings. The molecule has 1 N–H and O–H groups in total. The van der Waals surface area contributed by atoms with E-state index in [9.17, 15) is 4.79 Å². The molecule has 0 bridgehead atoms. The number of halogens is 1. The molecule has 3 aromatic rings. The highest BCUT2D eigenvalue weighted by Crippen LogP contribution is 2.32. The van der Waals surface area contributed by atoms with Crippen molar-refractivity contribution in [3.63, 3.8) is 0 Å². The number of benzene rings is 2. The Kier molecular flexibility index (Phi) is 6.12. The number of hydrogen-bond donors (Lipinski definition) is 1. The summed E-state index contributed by atoms with van der Waals surface area (Å²) in [6, 6.07) is 17.4. The molecule has 0 radical (unpaired) electrons. The van der Waals surface area contributed by atoms with E-state index >= 15 is 0 Å². The first-order chi connectivity index (χ1) is 16.5. The van der Waals surface area contributed by atoms with Gasteiger partial charge in [-0.2, -0.15) is 15.1 Å². The van der Waals surface area contributed by atoms with Crippen molar-refractivity contribution in [3.05, 3.63) is 99.3 Å². The average Bonchev–Trinajstić information content (AvgIpc) is 3.27. The number of nitrogens with zero attached hydrogens (tertiary/aromatic N) is 4. The van der Waals surface area contributed by atoms with Crippen molar-refractivity contribution in [2.75, 3.05) is 0 Å². The Morgan fingerprint density at radius 1 is 1.18 bits per heavy atom. The number of aromatic nitrogens is 1. The number of amides is 1. The SMILES string of the molecule is Cc1ccc(COc2ccc(C=C3C(=N)N4N=C(c5cccnc5)SC4=NC3=O)cc2Br)cc1. The minimum Gasteiger partial charge on any atom is -0.488 e. The third-order valence-electron chi connectivity index (χ3n) is 5.14. The van der Waals surface area contributed by atoms with Gasteiger partial charge in [-0.3, -0.25) is 15.2 Å². The summed E-state index contributed by atoms with van der Waals surface area (Å²) < 4.78 is 6.68. The number of aryl methyl sites for hydroxylation is 1. The van der Waals surface area contributed by atoms with Gasteiger partial charge in [0.25, 0.3) is 5.91 Å². The minimum atomic E-state index is -0.470. The molecule has 0 spiro atoms. The van der Waals surface area contributed by atoms with Crippen LogP contribution in [0.15, 0.2) is 87.1 Å². The third kappa shape index (κ3) is 4.57. The summed E-state index contributed by atoms with van der Waals surface area (Å²) in [6.07, 6.45) is 5.01. The van der Waals surface area contributed by atoms with Crippen LogP contribution in [-0.4, -0.2) is 31.9 Å². The van der Waals surface area contributed by atoms with Crippen LogP contribution >= 0.6 is 27.7 Å². The molecule has 7 nitrogen and oxygen atoms in total. The van der Waals surface area contributed by atoms with E-state index in [2.05, 4.69) is 43.1 Å². The van der Waals surface area contributed by atoms with Crippen LogP contribution in [0.3, 0.4) is 0 Å². The Morgan fingerprint density at radius 3 is 2.74 bits per heavy atom. The lowest BCUT2D eigenvalue weighted by atomic mass is 10.1. The molecular weight excluding hydrogens is 514 g/mol. The molecule has 0 unspecified atom stereocenters. The van der Waals surface area contributed by atoms with Crippen LogP contribution in [0.4, 0.5) is 0 Å². The van der Waals surface area contributed by atoms with Crippen LogP contribution in [0.2, 0.25) is 0 Å². The van der Waals surface area contributed by atoms with Crippen LogP contribution in [0.1, 0.15) is 22.3 Å². The number of thioether (sulfide) groups is 1. The normalized spacial score (nSPS) is 16.4. The van der Waals surface area contributed by atoms with Crippen LogP contribution < -0.4 is 4.74 Å². The second-order valence-electron chi connectivity index (χ2n) is 7.63. The van der Waals surface area contributed by atoms with Crippen molar-refractivity contribution in [3.8, 4) is 5.75 Å². The van der Waals surface area contributed by atoms with Crippen LogP contribution in [0, 0.1) is 12.3 Å². The van der Waals surface area contributed by atoms with Crippen LogP contribution in [-0.2, 0) is 11.4 Å². The van der Waals surface area contributed by atoms with Crippen LogP contribution in [0.5, 0.6) is 5.75 Å². The molecule has 34 heavy (non-hydrogen) atoms. The molecule has 3 heterocycles. The Balaban J connectivity index is 1.35. The predicted octanol–water partition coefficient (Wildman–Crippen LogP) is 5.40. The third-order valence-corrected chi connectivity index (χ3v) is 6.72. The van der Waals surface area contributed by atoms with Crippen molar-refractivity contribution in [2.24, 2.45) is 10.1 Å². The minimum absolute atomic E-state index is 0.0165. The van der Waals surface area contributed by atoms with Gasteiger partial charge in [0, 0.05) is 18.0 Å². The first-order valence-electron chi connectivity index (χ1n) is 10.4. The van der Waals surface area contributed by atoms with Gasteiger partial charge >= 0.3 is 0 Å². The average molecular weight is 532 g/mol. The summed E-state index contributed by atoms with van der Waals surface area (Å²) in [4.78, 5) is 20.9. The number of amidine groups is 2. The number of ether oxygens (including phenoxy) is 1. The number of pyridine rings is 1. The highest BCUT2D eigenvalue weighted by Gasteiger charge is 2.36. The van der Waals surface area contributed by atoms with Crippen molar-refractivity contribution >= 4 is 55.7 Å². The molecular formula is C25H18BrN5O2S. The smallest absolute Gasteiger partial charge is 0.283 e. The van der Waals surface area contributed by atoms with E-state index in [1.807, 2.05) is 49.4 Å². The zero-order valence-corrected chi connectivity index (χ0v) is 20.4. The zero-order chi connectivity index (χ0) is 23.7. The highest BCUT2D eigenvalue weighted by molar-refractivity contribution is 9.10. The molecule has 2 aliphatic heterocycles. The molecule has 0 saturated carbocycles. The van der Waals surface area contributed by atoms with Gasteiger partial charge in [-0.15, -0.1) is 0 Å². The Bertz CT molecular complexity index is 1380. The quantitative estimate of drug-likeness (QED) is 0.445. The molecule has 168 valence electrons. The molecule has 1 aromatic heterocycles. The van der Waals surface area contributed by atoms with Gasteiger partial charge in [0.1, 0.15) is 17.4 Å². The van der Waals surface area contributed by atoms with Crippen molar-refractivity contribution in [1.29, 1.82) is 5.41 Å². The Labute approximate surface area is 208 Å². The maximum absolute atomic E-state index is 12.7. The fourth-order valence-electron chi connectivity index (χ4n) is 3.33. The second-order valence-corrected chi connectivity index (χ2v) is 9.44. The van der Waals surface area contributed by atoms with E-state index in [0.717, 1.165) is 21.2 Å². The number of hydrazone groups is 1. The van der Waals surface area contributed by atoms with Gasteiger partial charge in [0.05, 0.1) is 10.0 Å². The number of carbonyl (C=O) groups excluding carboxylic acids is 1. The van der Waals surface area contributed by atoms with E-state index < -0.39 is 5.91 Å². The topological polar surface area (TPSA) is 91.0 Å². The fraction of sp³-hybridized carbons (Fsp3) is 0.0800. The number of hydrogen-bond acceptors (Lipinski definition) is 6. The summed E-state index contributed by atoms with van der Waals surface area (Å²) in [7, 11) is 0. The lowest BCUT2D eigenvalue weighted by Crippen LogP contribution is -2.35. The lowest BCUT2D eigenvalue weighted by molar-refractivity contribution is -0.114. The van der Waals surface area contributed by atoms with Crippen molar-refractivity contribution in [1.82, 2.24) is 9.99 Å². The van der Waals surface area contributed by atoms with Crippen molar-refractivity contribution < 1.29 is 9.53 Å². The molecule has 0 aliphatic carbocycles. The van der Waals surface area contributed by atoms with Gasteiger partial charge in [-0.05, 0) is 76.1 Å². The zero-order valence-electron chi connectivity index (χ0n) is 18.0. The highest BCUT2D eigenvalue weighted by atomic mass is 79.9. The summed E-state index contributed by atoms with van der Waals surface area (Å²) in [5.74, 6) is 0.203. The number of carbonyl (C=O) groups is 1. The van der Waals surface area contributed by atoms with Gasteiger partial charge in [-0.1, -0.05) is 35.9 Å². The molecule has 0 atom stereocenters. The van der Waals surface area contributed by atoms with Gasteiger partial charge in [-0.25, -0.2) is 0 Å². The monoisotopic (exact) mass is 531 g/mol. The Morgan fingerprint density at radius 2 is 2.00 bits per heavy atom. The van der Waals surface area contributed by atoms with E-state index in [-0.39, 0.29) is 11.4 Å². The standard InChI is InChI=1S/C25H18BrN5O2S/c1-15-4-6-16(7-5-15)14-33-21-9-8-17(12-20(21)26)11-19-22(27)31-25(29-23(19)32)34-24(30-31)18-3-2-10-28-13-18/h2-13,27H,14H2,1H3. The summed E-state index contributed by atoms with van der Waals surface area (Å²) in [5.41, 5.74) is 3.99. The molecule has 1 amide bonds. The van der Waals surface area contributed by atoms with Crippen molar-refractivity contribution in [2.45, 2.75) is 13.5 Å². The van der Waals surface area contributed by atoms with Gasteiger partial charge in [0.2, 0.25) is 5.17 Å². The summed E-state index contributed by atoms with van der Waals surface area (Å²) in [6.45, 7) is 2.50. The number of nitrogens with one attached hydrogen (secondary N) is 1. The predicted molar refractivity (Wildman–Crippen MR) is 138 cm³/mol. The maximum atomic E-state index is 12.7. The molecule has 9 heteroatoms. The molecule has 2 aromatic carbocycles. The summed E-state index contributed by atoms with van der Waals surface area (Å²) >= 11 is 4.79. The molecule has 5 rings (SSSR count). The van der Waals surface area contributed by atoms with Crippen LogP contribution in [0.25, 0.3) is 6.08 Å².